The average Bonchev–Trinajstić information content (AvgIpc) is 2.16. The van der Waals surface area contributed by atoms with Crippen LogP contribution in [0.25, 0.3) is 0 Å². The SMILES string of the molecule is O=[N+]([O-])c1ccc(B(O)O)cc1[N+](=O)[O-]. The second-order valence-corrected chi connectivity index (χ2v) is 2.64. The van der Waals surface area contributed by atoms with Crippen LogP contribution in [0.5, 0.6) is 0 Å². The molecule has 0 aliphatic rings. The van der Waals surface area contributed by atoms with Crippen molar-refractivity contribution >= 4 is 24.0 Å². The van der Waals surface area contributed by atoms with Crippen LogP contribution in [0.15, 0.2) is 18.2 Å². The lowest BCUT2D eigenvalue weighted by molar-refractivity contribution is -0.422. The van der Waals surface area contributed by atoms with Crippen LogP contribution >= 0.6 is 0 Å². The first-order chi connectivity index (χ1) is 6.93. The summed E-state index contributed by atoms with van der Waals surface area (Å²) in [6, 6.07) is 2.64. The Balaban J connectivity index is 3.33. The molecule has 1 aromatic carbocycles. The van der Waals surface area contributed by atoms with Crippen molar-refractivity contribution in [2.45, 2.75) is 0 Å². The van der Waals surface area contributed by atoms with Gasteiger partial charge in [0.1, 0.15) is 0 Å². The highest BCUT2D eigenvalue weighted by atomic mass is 16.6. The van der Waals surface area contributed by atoms with Crippen LogP contribution in [-0.2, 0) is 0 Å². The third kappa shape index (κ3) is 2.27. The first-order valence-electron chi connectivity index (χ1n) is 3.72. The summed E-state index contributed by atoms with van der Waals surface area (Å²) in [5.74, 6) is 0. The normalized spacial score (nSPS) is 9.73. The predicted molar refractivity (Wildman–Crippen MR) is 49.6 cm³/mol. The monoisotopic (exact) mass is 212 g/mol. The fraction of sp³-hybridized carbons (Fsp3) is 0. The molecule has 0 fully saturated rings. The van der Waals surface area contributed by atoms with E-state index in [1.165, 1.54) is 0 Å². The van der Waals surface area contributed by atoms with Gasteiger partial charge in [0.15, 0.2) is 0 Å². The smallest absolute Gasteiger partial charge is 0.423 e. The van der Waals surface area contributed by atoms with Gasteiger partial charge in [-0.2, -0.15) is 0 Å². The highest BCUT2D eigenvalue weighted by Crippen LogP contribution is 2.24. The zero-order valence-electron chi connectivity index (χ0n) is 7.23. The lowest BCUT2D eigenvalue weighted by Gasteiger charge is -1.99. The number of nitro benzene ring substituents is 2. The quantitative estimate of drug-likeness (QED) is 0.382. The molecule has 0 heterocycles. The van der Waals surface area contributed by atoms with Gasteiger partial charge >= 0.3 is 18.5 Å². The minimum absolute atomic E-state index is 0.174. The minimum atomic E-state index is -1.90. The van der Waals surface area contributed by atoms with Gasteiger partial charge in [0.2, 0.25) is 0 Å². The molecule has 8 nitrogen and oxygen atoms in total. The van der Waals surface area contributed by atoms with Crippen LogP contribution in [0.2, 0.25) is 0 Å². The van der Waals surface area contributed by atoms with E-state index in [1.54, 1.807) is 0 Å². The van der Waals surface area contributed by atoms with E-state index in [9.17, 15) is 20.2 Å². The third-order valence-corrected chi connectivity index (χ3v) is 1.69. The average molecular weight is 212 g/mol. The van der Waals surface area contributed by atoms with E-state index < -0.39 is 28.3 Å². The highest BCUT2D eigenvalue weighted by molar-refractivity contribution is 6.58. The van der Waals surface area contributed by atoms with Crippen molar-refractivity contribution in [3.63, 3.8) is 0 Å². The lowest BCUT2D eigenvalue weighted by atomic mass is 9.80. The molecule has 78 valence electrons. The second-order valence-electron chi connectivity index (χ2n) is 2.64. The van der Waals surface area contributed by atoms with Gasteiger partial charge in [-0.25, -0.2) is 0 Å². The lowest BCUT2D eigenvalue weighted by Crippen LogP contribution is -2.29. The van der Waals surface area contributed by atoms with Crippen LogP contribution < -0.4 is 5.46 Å². The Morgan fingerprint density at radius 1 is 1.07 bits per heavy atom. The first kappa shape index (κ1) is 11.1. The Labute approximate surface area is 83.2 Å². The van der Waals surface area contributed by atoms with Crippen molar-refractivity contribution in [1.29, 1.82) is 0 Å². The number of hydrogen-bond donors (Lipinski definition) is 2. The Bertz CT molecular complexity index is 420. The first-order valence-corrected chi connectivity index (χ1v) is 3.72. The molecule has 9 heteroatoms. The molecule has 0 bridgehead atoms. The van der Waals surface area contributed by atoms with Crippen LogP contribution in [-0.4, -0.2) is 27.0 Å². The molecule has 0 spiro atoms. The Hall–Kier alpha value is -2.00. The van der Waals surface area contributed by atoms with Crippen LogP contribution in [0.1, 0.15) is 0 Å². The molecule has 0 saturated heterocycles. The van der Waals surface area contributed by atoms with Crippen molar-refractivity contribution in [2.75, 3.05) is 0 Å². The van der Waals surface area contributed by atoms with Crippen molar-refractivity contribution in [3.05, 3.63) is 38.4 Å². The van der Waals surface area contributed by atoms with Gasteiger partial charge in [-0.05, 0) is 5.46 Å². The van der Waals surface area contributed by atoms with E-state index in [4.69, 9.17) is 10.0 Å². The molecular formula is C6H5BN2O6. The molecule has 0 aromatic heterocycles. The van der Waals surface area contributed by atoms with E-state index >= 15 is 0 Å². The molecule has 0 radical (unpaired) electrons. The fourth-order valence-corrected chi connectivity index (χ4v) is 1.00. The molecule has 2 N–H and O–H groups in total. The van der Waals surface area contributed by atoms with Crippen molar-refractivity contribution in [2.24, 2.45) is 0 Å². The van der Waals surface area contributed by atoms with E-state index in [0.717, 1.165) is 18.2 Å². The number of hydrogen-bond acceptors (Lipinski definition) is 6. The van der Waals surface area contributed by atoms with Crippen molar-refractivity contribution < 1.29 is 19.9 Å². The fourth-order valence-electron chi connectivity index (χ4n) is 1.00. The maximum absolute atomic E-state index is 10.4. The molecule has 1 aromatic rings. The van der Waals surface area contributed by atoms with Gasteiger partial charge in [-0.3, -0.25) is 20.2 Å². The van der Waals surface area contributed by atoms with Gasteiger partial charge in [0, 0.05) is 12.1 Å². The summed E-state index contributed by atoms with van der Waals surface area (Å²) in [6.45, 7) is 0. The standard InChI is InChI=1S/C6H5BN2O6/c10-7(11)4-1-2-5(8(12)13)6(3-4)9(14)15/h1-3,10-11H. The molecule has 0 aliphatic carbocycles. The molecule has 0 amide bonds. The zero-order valence-corrected chi connectivity index (χ0v) is 7.23. The largest absolute Gasteiger partial charge is 0.488 e. The van der Waals surface area contributed by atoms with Crippen molar-refractivity contribution in [3.8, 4) is 0 Å². The summed E-state index contributed by atoms with van der Waals surface area (Å²) in [4.78, 5) is 19.0. The Kier molecular flexibility index (Phi) is 2.97. The molecule has 0 aliphatic heterocycles. The van der Waals surface area contributed by atoms with E-state index in [0.29, 0.717) is 0 Å². The Morgan fingerprint density at radius 2 is 1.60 bits per heavy atom. The van der Waals surface area contributed by atoms with Crippen LogP contribution in [0.3, 0.4) is 0 Å². The summed E-state index contributed by atoms with van der Waals surface area (Å²) in [5.41, 5.74) is -1.64. The topological polar surface area (TPSA) is 127 Å². The third-order valence-electron chi connectivity index (χ3n) is 1.69. The maximum atomic E-state index is 10.4. The van der Waals surface area contributed by atoms with E-state index in [-0.39, 0.29) is 5.46 Å². The van der Waals surface area contributed by atoms with E-state index in [1.807, 2.05) is 0 Å². The van der Waals surface area contributed by atoms with E-state index in [2.05, 4.69) is 0 Å². The van der Waals surface area contributed by atoms with Gasteiger partial charge in [0.25, 0.3) is 0 Å². The summed E-state index contributed by atoms with van der Waals surface area (Å²) in [6.07, 6.45) is 0. The predicted octanol–water partition coefficient (Wildman–Crippen LogP) is -0.817. The summed E-state index contributed by atoms with van der Waals surface area (Å²) < 4.78 is 0. The van der Waals surface area contributed by atoms with Gasteiger partial charge in [0.05, 0.1) is 9.85 Å². The molecule has 1 rings (SSSR count). The molecule has 15 heavy (non-hydrogen) atoms. The van der Waals surface area contributed by atoms with Gasteiger partial charge in [-0.15, -0.1) is 0 Å². The molecule has 0 saturated carbocycles. The summed E-state index contributed by atoms with van der Waals surface area (Å²) >= 11 is 0. The highest BCUT2D eigenvalue weighted by Gasteiger charge is 2.26. The number of nitrogens with zero attached hydrogens (tertiary/aromatic N) is 2. The number of benzene rings is 1. The second kappa shape index (κ2) is 4.03. The summed E-state index contributed by atoms with van der Waals surface area (Å²) in [5, 5.41) is 38.3. The van der Waals surface area contributed by atoms with Gasteiger partial charge in [-0.1, -0.05) is 6.07 Å². The zero-order chi connectivity index (χ0) is 11.6. The maximum Gasteiger partial charge on any atom is 0.488 e. The van der Waals surface area contributed by atoms with Crippen LogP contribution in [0, 0.1) is 20.2 Å². The molecular weight excluding hydrogens is 207 g/mol. The van der Waals surface area contributed by atoms with Gasteiger partial charge < -0.3 is 10.0 Å². The van der Waals surface area contributed by atoms with Crippen LogP contribution in [0.4, 0.5) is 11.4 Å². The Morgan fingerprint density at radius 3 is 2.00 bits per heavy atom. The van der Waals surface area contributed by atoms with Crippen molar-refractivity contribution in [1.82, 2.24) is 0 Å². The minimum Gasteiger partial charge on any atom is -0.423 e. The number of rotatable bonds is 3. The molecule has 0 atom stereocenters. The number of nitro groups is 2. The molecule has 0 unspecified atom stereocenters. The summed E-state index contributed by atoms with van der Waals surface area (Å²) in [7, 11) is -1.90.